The Kier molecular flexibility index (Phi) is 12.3. The molecule has 0 saturated heterocycles. The third-order valence-corrected chi connectivity index (χ3v) is 8.75. The van der Waals surface area contributed by atoms with E-state index in [-0.39, 0.29) is 29.8 Å². The van der Waals surface area contributed by atoms with Crippen molar-refractivity contribution in [1.29, 1.82) is 0 Å². The maximum absolute atomic E-state index is 11.8. The maximum atomic E-state index is 11.8. The molecule has 8 heteroatoms. The van der Waals surface area contributed by atoms with Crippen LogP contribution in [0.4, 0.5) is 0 Å². The van der Waals surface area contributed by atoms with Crippen LogP contribution in [0.5, 0.6) is 0 Å². The summed E-state index contributed by atoms with van der Waals surface area (Å²) in [5.41, 5.74) is -0.540. The molecule has 268 valence electrons. The molecule has 50 heavy (non-hydrogen) atoms. The molecular formula is C42H52O8. The first-order valence-corrected chi connectivity index (χ1v) is 16.8. The van der Waals surface area contributed by atoms with Crippen LogP contribution in [0.3, 0.4) is 0 Å². The number of carbonyl (C=O) groups is 4. The molecule has 4 rings (SSSR count). The molecule has 0 fully saturated rings. The van der Waals surface area contributed by atoms with E-state index < -0.39 is 22.4 Å². The highest BCUT2D eigenvalue weighted by atomic mass is 16.6. The lowest BCUT2D eigenvalue weighted by Gasteiger charge is -2.43. The van der Waals surface area contributed by atoms with Crippen LogP contribution in [0.2, 0.25) is 0 Å². The molecule has 4 aromatic rings. The van der Waals surface area contributed by atoms with E-state index in [1.807, 2.05) is 116 Å². The minimum absolute atomic E-state index is 0.185. The van der Waals surface area contributed by atoms with Gasteiger partial charge in [0, 0.05) is 44.7 Å². The second kappa shape index (κ2) is 15.4. The molecule has 0 N–H and O–H groups in total. The first kappa shape index (κ1) is 39.7. The fourth-order valence-electron chi connectivity index (χ4n) is 7.12. The maximum Gasteiger partial charge on any atom is 0.303 e. The van der Waals surface area contributed by atoms with Crippen LogP contribution in [-0.2, 0) is 55.7 Å². The minimum atomic E-state index is -0.902. The smallest absolute Gasteiger partial charge is 0.303 e. The highest BCUT2D eigenvalue weighted by molar-refractivity contribution is 6.09. The molecule has 0 saturated carbocycles. The highest BCUT2D eigenvalue weighted by Crippen LogP contribution is 2.42. The number of hydrogen-bond donors (Lipinski definition) is 0. The van der Waals surface area contributed by atoms with Gasteiger partial charge in [0.15, 0.2) is 0 Å². The van der Waals surface area contributed by atoms with Gasteiger partial charge >= 0.3 is 23.9 Å². The summed E-state index contributed by atoms with van der Waals surface area (Å²) in [5, 5.41) is 4.30. The molecule has 0 aliphatic rings. The summed E-state index contributed by atoms with van der Waals surface area (Å²) < 4.78 is 22.3. The van der Waals surface area contributed by atoms with Crippen molar-refractivity contribution in [3.8, 4) is 0 Å². The largest absolute Gasteiger partial charge is 0.459 e. The predicted molar refractivity (Wildman–Crippen MR) is 196 cm³/mol. The van der Waals surface area contributed by atoms with E-state index in [9.17, 15) is 19.2 Å². The van der Waals surface area contributed by atoms with E-state index in [2.05, 4.69) is 18.2 Å². The Labute approximate surface area is 296 Å². The Morgan fingerprint density at radius 1 is 0.500 bits per heavy atom. The lowest BCUT2D eigenvalue weighted by Crippen LogP contribution is -2.51. The van der Waals surface area contributed by atoms with E-state index in [0.717, 1.165) is 38.2 Å². The molecule has 0 bridgehead atoms. The molecule has 8 nitrogen and oxygen atoms in total. The van der Waals surface area contributed by atoms with Gasteiger partial charge in [-0.25, -0.2) is 0 Å². The van der Waals surface area contributed by atoms with Gasteiger partial charge in [-0.15, -0.1) is 0 Å². The molecule has 0 atom stereocenters. The third-order valence-electron chi connectivity index (χ3n) is 8.75. The quantitative estimate of drug-likeness (QED) is 0.0926. The minimum Gasteiger partial charge on any atom is -0.459 e. The molecule has 0 aliphatic heterocycles. The van der Waals surface area contributed by atoms with Crippen LogP contribution in [0.25, 0.3) is 21.5 Å². The van der Waals surface area contributed by atoms with Crippen LogP contribution in [0.15, 0.2) is 78.9 Å². The average Bonchev–Trinajstić information content (AvgIpc) is 2.97. The average molecular weight is 685 g/mol. The number of fused-ring (bicyclic) bond motifs is 3. The molecule has 0 radical (unpaired) electrons. The third kappa shape index (κ3) is 9.93. The van der Waals surface area contributed by atoms with Crippen LogP contribution < -0.4 is 0 Å². The van der Waals surface area contributed by atoms with Gasteiger partial charge in [-0.3, -0.25) is 19.2 Å². The van der Waals surface area contributed by atoms with Crippen molar-refractivity contribution < 1.29 is 38.1 Å². The molecule has 0 aromatic heterocycles. The van der Waals surface area contributed by atoms with Gasteiger partial charge in [-0.1, -0.05) is 78.9 Å². The number of hydrogen-bond acceptors (Lipinski definition) is 8. The molecule has 0 aliphatic carbocycles. The number of esters is 4. The van der Waals surface area contributed by atoms with Crippen molar-refractivity contribution in [1.82, 2.24) is 0 Å². The van der Waals surface area contributed by atoms with E-state index in [1.54, 1.807) is 0 Å². The summed E-state index contributed by atoms with van der Waals surface area (Å²) in [5.74, 6) is -1.60. The molecule has 4 aromatic carbocycles. The first-order chi connectivity index (χ1) is 23.1. The highest BCUT2D eigenvalue weighted by Gasteiger charge is 2.45. The second-order valence-corrected chi connectivity index (χ2v) is 14.7. The predicted octanol–water partition coefficient (Wildman–Crippen LogP) is 9.12. The Morgan fingerprint density at radius 3 is 1.48 bits per heavy atom. The van der Waals surface area contributed by atoms with E-state index >= 15 is 0 Å². The summed E-state index contributed by atoms with van der Waals surface area (Å²) in [6.07, 6.45) is 0.640. The molecule has 0 heterocycles. The van der Waals surface area contributed by atoms with Crippen LogP contribution in [0, 0.1) is 5.92 Å². The SMILES string of the molecule is CC(=O)OC(C)(C)C(Cc1ccccc1)C(C)(C)OC(C)=O.CC(=O)OC(C)(C)c1ccc2c(ccc3ccccc32)c1C(C)(C)OC(C)=O. The zero-order chi connectivity index (χ0) is 37.7. The van der Waals surface area contributed by atoms with Gasteiger partial charge in [0.1, 0.15) is 22.4 Å². The second-order valence-electron chi connectivity index (χ2n) is 14.7. The van der Waals surface area contributed by atoms with Crippen molar-refractivity contribution in [3.63, 3.8) is 0 Å². The van der Waals surface area contributed by atoms with Gasteiger partial charge in [0.2, 0.25) is 0 Å². The van der Waals surface area contributed by atoms with Crippen molar-refractivity contribution in [2.24, 2.45) is 5.92 Å². The number of ether oxygens (including phenoxy) is 4. The van der Waals surface area contributed by atoms with Gasteiger partial charge in [0.05, 0.1) is 0 Å². The molecule has 0 amide bonds. The fraction of sp³-hybridized carbons (Fsp3) is 0.429. The van der Waals surface area contributed by atoms with Crippen LogP contribution in [-0.4, -0.2) is 35.1 Å². The zero-order valence-corrected chi connectivity index (χ0v) is 31.6. The van der Waals surface area contributed by atoms with E-state index in [0.29, 0.717) is 6.42 Å². The standard InChI is InChI=1S/C24H26O4.C18H26O4/c1-15(25)27-23(3,4)21-14-13-19-18-10-8-7-9-17(18)11-12-20(19)22(21)24(5,6)28-16(2)26;1-13(19)21-17(3,4)16(18(5,6)22-14(2)20)12-15-10-8-7-9-11-15/h7-14H,1-6H3;7-11,16H,12H2,1-6H3. The van der Waals surface area contributed by atoms with Crippen LogP contribution >= 0.6 is 0 Å². The normalized spacial score (nSPS) is 12.2. The zero-order valence-electron chi connectivity index (χ0n) is 31.6. The Balaban J connectivity index is 0.000000279. The number of rotatable bonds is 10. The summed E-state index contributed by atoms with van der Waals surface area (Å²) in [6, 6.07) is 26.2. The van der Waals surface area contributed by atoms with Gasteiger partial charge in [-0.2, -0.15) is 0 Å². The monoisotopic (exact) mass is 684 g/mol. The Hall–Kier alpha value is -4.72. The van der Waals surface area contributed by atoms with Crippen LogP contribution in [0.1, 0.15) is 99.8 Å². The topological polar surface area (TPSA) is 105 Å². The van der Waals surface area contributed by atoms with Crippen molar-refractivity contribution >= 4 is 45.4 Å². The number of carbonyl (C=O) groups excluding carboxylic acids is 4. The number of benzene rings is 4. The van der Waals surface area contributed by atoms with Crippen molar-refractivity contribution in [2.75, 3.05) is 0 Å². The van der Waals surface area contributed by atoms with E-state index in [1.165, 1.54) is 27.7 Å². The van der Waals surface area contributed by atoms with Gasteiger partial charge in [-0.05, 0) is 88.9 Å². The lowest BCUT2D eigenvalue weighted by molar-refractivity contribution is -0.182. The summed E-state index contributed by atoms with van der Waals surface area (Å²) in [6.45, 7) is 20.4. The first-order valence-electron chi connectivity index (χ1n) is 16.8. The Bertz CT molecular complexity index is 1820. The summed E-state index contributed by atoms with van der Waals surface area (Å²) >= 11 is 0. The van der Waals surface area contributed by atoms with Gasteiger partial charge in [0.25, 0.3) is 0 Å². The van der Waals surface area contributed by atoms with E-state index in [4.69, 9.17) is 18.9 Å². The molecule has 0 unspecified atom stereocenters. The van der Waals surface area contributed by atoms with Gasteiger partial charge < -0.3 is 18.9 Å². The fourth-order valence-corrected chi connectivity index (χ4v) is 7.12. The molecular weight excluding hydrogens is 632 g/mol. The van der Waals surface area contributed by atoms with Crippen molar-refractivity contribution in [3.05, 3.63) is 95.6 Å². The van der Waals surface area contributed by atoms with Crippen molar-refractivity contribution in [2.45, 2.75) is 112 Å². The Morgan fingerprint density at radius 2 is 0.960 bits per heavy atom. The molecule has 0 spiro atoms. The summed E-state index contributed by atoms with van der Waals surface area (Å²) in [7, 11) is 0. The lowest BCUT2D eigenvalue weighted by atomic mass is 9.74. The summed E-state index contributed by atoms with van der Waals surface area (Å²) in [4.78, 5) is 46.4.